The van der Waals surface area contributed by atoms with Crippen LogP contribution in [0.4, 0.5) is 11.4 Å². The van der Waals surface area contributed by atoms with Gasteiger partial charge in [0.2, 0.25) is 0 Å². The molecule has 0 saturated carbocycles. The third-order valence-electron chi connectivity index (χ3n) is 2.33. The van der Waals surface area contributed by atoms with Gasteiger partial charge in [-0.25, -0.2) is 0 Å². The quantitative estimate of drug-likeness (QED) is 0.911. The molecule has 0 radical (unpaired) electrons. The summed E-state index contributed by atoms with van der Waals surface area (Å²) in [5, 5.41) is 11.2. The molecule has 3 nitrogen and oxygen atoms in total. The highest BCUT2D eigenvalue weighted by Gasteiger charge is 2.04. The molecule has 0 saturated heterocycles. The number of halogens is 2. The molecule has 0 fully saturated rings. The number of benzene rings is 1. The van der Waals surface area contributed by atoms with Crippen LogP contribution in [0, 0.1) is 0 Å². The first-order valence-electron chi connectivity index (χ1n) is 5.23. The van der Waals surface area contributed by atoms with E-state index >= 15 is 0 Å². The number of hydrogen-bond donors (Lipinski definition) is 1. The molecule has 0 bridgehead atoms. The predicted molar refractivity (Wildman–Crippen MR) is 71.2 cm³/mol. The first kappa shape index (κ1) is 12.1. The van der Waals surface area contributed by atoms with Gasteiger partial charge in [-0.1, -0.05) is 42.3 Å². The average Bonchev–Trinajstić information content (AvgIpc) is 2.34. The van der Waals surface area contributed by atoms with E-state index in [-0.39, 0.29) is 0 Å². The Balaban J connectivity index is 2.27. The van der Waals surface area contributed by atoms with E-state index in [2.05, 4.69) is 34.6 Å². The molecule has 0 spiro atoms. The third-order valence-corrected chi connectivity index (χ3v) is 2.80. The Hall–Kier alpha value is -1.32. The maximum atomic E-state index is 5.93. The summed E-state index contributed by atoms with van der Waals surface area (Å²) in [5.41, 5.74) is 2.86. The van der Waals surface area contributed by atoms with Crippen LogP contribution in [0.15, 0.2) is 30.3 Å². The van der Waals surface area contributed by atoms with E-state index in [9.17, 15) is 0 Å². The van der Waals surface area contributed by atoms with Gasteiger partial charge in [-0.15, -0.1) is 10.2 Å². The molecule has 0 amide bonds. The monoisotopic (exact) mass is 267 g/mol. The lowest BCUT2D eigenvalue weighted by Gasteiger charge is -2.08. The normalized spacial score (nSPS) is 10.3. The molecule has 0 aliphatic carbocycles. The molecule has 0 aliphatic rings. The average molecular weight is 268 g/mol. The van der Waals surface area contributed by atoms with Gasteiger partial charge >= 0.3 is 0 Å². The van der Waals surface area contributed by atoms with Gasteiger partial charge < -0.3 is 5.32 Å². The van der Waals surface area contributed by atoms with E-state index in [0.717, 1.165) is 12.1 Å². The van der Waals surface area contributed by atoms with Crippen molar-refractivity contribution >= 4 is 34.6 Å². The molecule has 1 aromatic heterocycles. The van der Waals surface area contributed by atoms with E-state index in [4.69, 9.17) is 23.2 Å². The van der Waals surface area contributed by atoms with E-state index in [1.807, 2.05) is 12.1 Å². The fourth-order valence-electron chi connectivity index (χ4n) is 1.47. The number of aromatic nitrogens is 2. The van der Waals surface area contributed by atoms with Crippen molar-refractivity contribution in [3.8, 4) is 0 Å². The lowest BCUT2D eigenvalue weighted by atomic mass is 10.1. The molecule has 0 aliphatic heterocycles. The summed E-state index contributed by atoms with van der Waals surface area (Å²) in [6.45, 7) is 2.11. The topological polar surface area (TPSA) is 37.8 Å². The zero-order chi connectivity index (χ0) is 12.3. The SMILES string of the molecule is CCc1cccc(Nc2cc(Cl)nnc2Cl)c1. The highest BCUT2D eigenvalue weighted by molar-refractivity contribution is 6.33. The van der Waals surface area contributed by atoms with Gasteiger partial charge in [0.1, 0.15) is 0 Å². The minimum absolute atomic E-state index is 0.302. The summed E-state index contributed by atoms with van der Waals surface area (Å²) in [6.07, 6.45) is 0.985. The standard InChI is InChI=1S/C12H11Cl2N3/c1-2-8-4-3-5-9(6-8)15-10-7-11(13)16-17-12(10)14/h3-7H,2H2,1H3,(H,15,16). The van der Waals surface area contributed by atoms with Crippen LogP contribution in [0.25, 0.3) is 0 Å². The van der Waals surface area contributed by atoms with Gasteiger partial charge in [0, 0.05) is 11.8 Å². The summed E-state index contributed by atoms with van der Waals surface area (Å²) >= 11 is 11.7. The van der Waals surface area contributed by atoms with Gasteiger partial charge in [-0.2, -0.15) is 0 Å². The van der Waals surface area contributed by atoms with E-state index in [1.54, 1.807) is 6.07 Å². The van der Waals surface area contributed by atoms with Crippen molar-refractivity contribution in [1.82, 2.24) is 10.2 Å². The summed E-state index contributed by atoms with van der Waals surface area (Å²) in [5.74, 6) is 0. The van der Waals surface area contributed by atoms with Crippen LogP contribution in [-0.2, 0) is 6.42 Å². The third kappa shape index (κ3) is 3.08. The van der Waals surface area contributed by atoms with Crippen molar-refractivity contribution in [2.75, 3.05) is 5.32 Å². The minimum Gasteiger partial charge on any atom is -0.353 e. The minimum atomic E-state index is 0.302. The van der Waals surface area contributed by atoms with Crippen molar-refractivity contribution in [3.05, 3.63) is 46.2 Å². The molecule has 88 valence electrons. The molecular weight excluding hydrogens is 257 g/mol. The zero-order valence-electron chi connectivity index (χ0n) is 9.24. The van der Waals surface area contributed by atoms with Crippen LogP contribution in [-0.4, -0.2) is 10.2 Å². The summed E-state index contributed by atoms with van der Waals surface area (Å²) in [7, 11) is 0. The van der Waals surface area contributed by atoms with Crippen LogP contribution >= 0.6 is 23.2 Å². The molecule has 2 aromatic rings. The van der Waals surface area contributed by atoms with Gasteiger partial charge in [-0.05, 0) is 24.1 Å². The Morgan fingerprint density at radius 3 is 2.76 bits per heavy atom. The first-order chi connectivity index (χ1) is 8.19. The number of hydrogen-bond acceptors (Lipinski definition) is 3. The largest absolute Gasteiger partial charge is 0.353 e. The number of anilines is 2. The van der Waals surface area contributed by atoms with Gasteiger partial charge in [-0.3, -0.25) is 0 Å². The molecule has 0 atom stereocenters. The maximum absolute atomic E-state index is 5.93. The Morgan fingerprint density at radius 2 is 2.00 bits per heavy atom. The molecule has 1 N–H and O–H groups in total. The van der Waals surface area contributed by atoms with Crippen LogP contribution in [0.5, 0.6) is 0 Å². The number of nitrogens with zero attached hydrogens (tertiary/aromatic N) is 2. The van der Waals surface area contributed by atoms with E-state index in [1.165, 1.54) is 5.56 Å². The lowest BCUT2D eigenvalue weighted by Crippen LogP contribution is -1.95. The molecule has 1 heterocycles. The predicted octanol–water partition coefficient (Wildman–Crippen LogP) is 4.09. The highest BCUT2D eigenvalue weighted by Crippen LogP contribution is 2.25. The van der Waals surface area contributed by atoms with Gasteiger partial charge in [0.15, 0.2) is 10.3 Å². The van der Waals surface area contributed by atoms with Crippen molar-refractivity contribution in [1.29, 1.82) is 0 Å². The number of nitrogens with one attached hydrogen (secondary N) is 1. The maximum Gasteiger partial charge on any atom is 0.175 e. The summed E-state index contributed by atoms with van der Waals surface area (Å²) < 4.78 is 0. The Labute approximate surface area is 110 Å². The first-order valence-corrected chi connectivity index (χ1v) is 5.99. The van der Waals surface area contributed by atoms with Gasteiger partial charge in [0.05, 0.1) is 5.69 Å². The Bertz CT molecular complexity index is 529. The van der Waals surface area contributed by atoms with E-state index in [0.29, 0.717) is 16.0 Å². The highest BCUT2D eigenvalue weighted by atomic mass is 35.5. The van der Waals surface area contributed by atoms with Crippen molar-refractivity contribution < 1.29 is 0 Å². The summed E-state index contributed by atoms with van der Waals surface area (Å²) in [6, 6.07) is 9.74. The zero-order valence-corrected chi connectivity index (χ0v) is 10.8. The van der Waals surface area contributed by atoms with E-state index < -0.39 is 0 Å². The second-order valence-corrected chi connectivity index (χ2v) is 4.30. The molecular formula is C12H11Cl2N3. The molecule has 5 heteroatoms. The molecule has 0 unspecified atom stereocenters. The lowest BCUT2D eigenvalue weighted by molar-refractivity contribution is 1.03. The van der Waals surface area contributed by atoms with Crippen molar-refractivity contribution in [2.24, 2.45) is 0 Å². The smallest absolute Gasteiger partial charge is 0.175 e. The van der Waals surface area contributed by atoms with Crippen LogP contribution in [0.3, 0.4) is 0 Å². The van der Waals surface area contributed by atoms with Crippen molar-refractivity contribution in [3.63, 3.8) is 0 Å². The number of aryl methyl sites for hydroxylation is 1. The fourth-order valence-corrected chi connectivity index (χ4v) is 1.75. The Kier molecular flexibility index (Phi) is 3.82. The Morgan fingerprint density at radius 1 is 1.18 bits per heavy atom. The van der Waals surface area contributed by atoms with Crippen LogP contribution < -0.4 is 5.32 Å². The number of rotatable bonds is 3. The summed E-state index contributed by atoms with van der Waals surface area (Å²) in [4.78, 5) is 0. The van der Waals surface area contributed by atoms with Crippen LogP contribution in [0.1, 0.15) is 12.5 Å². The fraction of sp³-hybridized carbons (Fsp3) is 0.167. The molecule has 2 rings (SSSR count). The van der Waals surface area contributed by atoms with Gasteiger partial charge in [0.25, 0.3) is 0 Å². The molecule has 17 heavy (non-hydrogen) atoms. The second kappa shape index (κ2) is 5.34. The second-order valence-electron chi connectivity index (χ2n) is 3.55. The van der Waals surface area contributed by atoms with Crippen molar-refractivity contribution in [2.45, 2.75) is 13.3 Å². The van der Waals surface area contributed by atoms with Crippen LogP contribution in [0.2, 0.25) is 10.3 Å². The molecule has 1 aromatic carbocycles.